The van der Waals surface area contributed by atoms with E-state index in [1.807, 2.05) is 13.8 Å². The van der Waals surface area contributed by atoms with Crippen LogP contribution in [-0.2, 0) is 16.8 Å². The van der Waals surface area contributed by atoms with Gasteiger partial charge in [0.1, 0.15) is 0 Å². The molecule has 27 heavy (non-hydrogen) atoms. The van der Waals surface area contributed by atoms with E-state index in [0.717, 1.165) is 5.56 Å². The summed E-state index contributed by atoms with van der Waals surface area (Å²) >= 11 is 0. The Kier molecular flexibility index (Phi) is 4.96. The fourth-order valence-electron chi connectivity index (χ4n) is 3.32. The van der Waals surface area contributed by atoms with Crippen LogP contribution in [0.1, 0.15) is 66.5 Å². The van der Waals surface area contributed by atoms with E-state index in [2.05, 4.69) is 45.0 Å². The molecule has 4 heteroatoms. The SMILES string of the molecule is CC(C)(C)c1ccc(COCC(C)(C)N2C(=O)c3ccccc3C2=O)cc1. The molecule has 1 aliphatic rings. The van der Waals surface area contributed by atoms with E-state index in [1.54, 1.807) is 24.3 Å². The van der Waals surface area contributed by atoms with Crippen LogP contribution in [0.3, 0.4) is 0 Å². The summed E-state index contributed by atoms with van der Waals surface area (Å²) in [6.45, 7) is 11.0. The first-order valence-corrected chi connectivity index (χ1v) is 9.26. The van der Waals surface area contributed by atoms with Gasteiger partial charge in [0.15, 0.2) is 0 Å². The fraction of sp³-hybridized carbons (Fsp3) is 0.391. The van der Waals surface area contributed by atoms with Crippen LogP contribution in [0.2, 0.25) is 0 Å². The molecule has 0 radical (unpaired) electrons. The Morgan fingerprint density at radius 2 is 1.33 bits per heavy atom. The van der Waals surface area contributed by atoms with Crippen molar-refractivity contribution in [2.45, 2.75) is 52.2 Å². The topological polar surface area (TPSA) is 46.6 Å². The smallest absolute Gasteiger partial charge is 0.262 e. The van der Waals surface area contributed by atoms with E-state index in [4.69, 9.17) is 4.74 Å². The highest BCUT2D eigenvalue weighted by molar-refractivity contribution is 6.21. The standard InChI is InChI=1S/C23H27NO3/c1-22(2,3)17-12-10-16(11-13-17)14-27-15-23(4,5)24-20(25)18-8-6-7-9-19(18)21(24)26/h6-13H,14-15H2,1-5H3. The van der Waals surface area contributed by atoms with E-state index in [-0.39, 0.29) is 23.8 Å². The Labute approximate surface area is 161 Å². The lowest BCUT2D eigenvalue weighted by Crippen LogP contribution is -2.50. The summed E-state index contributed by atoms with van der Waals surface area (Å²) in [5.41, 5.74) is 2.67. The molecule has 2 aromatic rings. The van der Waals surface area contributed by atoms with Crippen molar-refractivity contribution in [1.82, 2.24) is 4.90 Å². The third-order valence-corrected chi connectivity index (χ3v) is 4.94. The highest BCUT2D eigenvalue weighted by Gasteiger charge is 2.43. The van der Waals surface area contributed by atoms with Crippen molar-refractivity contribution in [1.29, 1.82) is 0 Å². The van der Waals surface area contributed by atoms with Gasteiger partial charge in [0.05, 0.1) is 29.9 Å². The van der Waals surface area contributed by atoms with Gasteiger partial charge in [-0.1, -0.05) is 57.2 Å². The molecule has 0 fully saturated rings. The molecular formula is C23H27NO3. The van der Waals surface area contributed by atoms with E-state index < -0.39 is 5.54 Å². The lowest BCUT2D eigenvalue weighted by Gasteiger charge is -2.33. The van der Waals surface area contributed by atoms with Gasteiger partial charge in [-0.05, 0) is 42.5 Å². The van der Waals surface area contributed by atoms with Crippen molar-refractivity contribution in [3.63, 3.8) is 0 Å². The molecule has 0 aromatic heterocycles. The first kappa shape index (κ1) is 19.3. The molecule has 0 bridgehead atoms. The first-order chi connectivity index (χ1) is 12.6. The number of rotatable bonds is 5. The molecule has 0 saturated carbocycles. The summed E-state index contributed by atoms with van der Waals surface area (Å²) in [4.78, 5) is 26.7. The van der Waals surface area contributed by atoms with Gasteiger partial charge in [0, 0.05) is 0 Å². The van der Waals surface area contributed by atoms with Crippen LogP contribution in [0.15, 0.2) is 48.5 Å². The van der Waals surface area contributed by atoms with Crippen molar-refractivity contribution in [2.24, 2.45) is 0 Å². The lowest BCUT2D eigenvalue weighted by molar-refractivity contribution is 0.0118. The summed E-state index contributed by atoms with van der Waals surface area (Å²) in [5.74, 6) is -0.502. The predicted molar refractivity (Wildman–Crippen MR) is 106 cm³/mol. The van der Waals surface area contributed by atoms with Crippen molar-refractivity contribution >= 4 is 11.8 Å². The minimum Gasteiger partial charge on any atom is -0.374 e. The van der Waals surface area contributed by atoms with Crippen LogP contribution in [-0.4, -0.2) is 28.9 Å². The van der Waals surface area contributed by atoms with E-state index in [1.165, 1.54) is 10.5 Å². The minimum atomic E-state index is -0.724. The normalized spacial score (nSPS) is 14.6. The highest BCUT2D eigenvalue weighted by atomic mass is 16.5. The van der Waals surface area contributed by atoms with Gasteiger partial charge in [-0.25, -0.2) is 0 Å². The van der Waals surface area contributed by atoms with Crippen LogP contribution < -0.4 is 0 Å². The maximum atomic E-state index is 12.7. The maximum absolute atomic E-state index is 12.7. The quantitative estimate of drug-likeness (QED) is 0.729. The second-order valence-corrected chi connectivity index (χ2v) is 8.74. The predicted octanol–water partition coefficient (Wildman–Crippen LogP) is 4.58. The van der Waals surface area contributed by atoms with Gasteiger partial charge in [-0.15, -0.1) is 0 Å². The number of hydrogen-bond acceptors (Lipinski definition) is 3. The number of carbonyl (C=O) groups excluding carboxylic acids is 2. The van der Waals surface area contributed by atoms with E-state index in [9.17, 15) is 9.59 Å². The third kappa shape index (κ3) is 3.81. The average molecular weight is 365 g/mol. The Hall–Kier alpha value is -2.46. The zero-order valence-electron chi connectivity index (χ0n) is 16.7. The minimum absolute atomic E-state index is 0.118. The first-order valence-electron chi connectivity index (χ1n) is 9.26. The molecule has 2 amide bonds. The second kappa shape index (κ2) is 6.93. The van der Waals surface area contributed by atoms with E-state index in [0.29, 0.717) is 17.7 Å². The van der Waals surface area contributed by atoms with Gasteiger partial charge in [-0.2, -0.15) is 0 Å². The van der Waals surface area contributed by atoms with Gasteiger partial charge >= 0.3 is 0 Å². The Bertz CT molecular complexity index is 825. The number of amides is 2. The van der Waals surface area contributed by atoms with Crippen LogP contribution >= 0.6 is 0 Å². The summed E-state index contributed by atoms with van der Waals surface area (Å²) in [5, 5.41) is 0. The number of carbonyl (C=O) groups is 2. The van der Waals surface area contributed by atoms with Crippen LogP contribution in [0.5, 0.6) is 0 Å². The van der Waals surface area contributed by atoms with E-state index >= 15 is 0 Å². The summed E-state index contributed by atoms with van der Waals surface area (Å²) in [7, 11) is 0. The monoisotopic (exact) mass is 365 g/mol. The molecule has 2 aromatic carbocycles. The Morgan fingerprint density at radius 1 is 0.815 bits per heavy atom. The molecule has 0 spiro atoms. The van der Waals surface area contributed by atoms with Crippen LogP contribution in [0.25, 0.3) is 0 Å². The number of ether oxygens (including phenoxy) is 1. The summed E-state index contributed by atoms with van der Waals surface area (Å²) in [6, 6.07) is 15.3. The van der Waals surface area contributed by atoms with Crippen LogP contribution in [0.4, 0.5) is 0 Å². The van der Waals surface area contributed by atoms with Gasteiger partial charge in [0.2, 0.25) is 0 Å². The van der Waals surface area contributed by atoms with Crippen LogP contribution in [0, 0.1) is 0 Å². The number of imide groups is 1. The van der Waals surface area contributed by atoms with Crippen molar-refractivity contribution in [2.75, 3.05) is 6.61 Å². The molecule has 0 saturated heterocycles. The van der Waals surface area contributed by atoms with Crippen molar-refractivity contribution < 1.29 is 14.3 Å². The van der Waals surface area contributed by atoms with Crippen molar-refractivity contribution in [3.05, 3.63) is 70.8 Å². The molecule has 142 valence electrons. The highest BCUT2D eigenvalue weighted by Crippen LogP contribution is 2.29. The average Bonchev–Trinajstić information content (AvgIpc) is 2.86. The summed E-state index contributed by atoms with van der Waals surface area (Å²) in [6.07, 6.45) is 0. The maximum Gasteiger partial charge on any atom is 0.262 e. The Balaban J connectivity index is 1.64. The molecule has 0 N–H and O–H groups in total. The zero-order chi connectivity index (χ0) is 19.8. The zero-order valence-corrected chi connectivity index (χ0v) is 16.7. The summed E-state index contributed by atoms with van der Waals surface area (Å²) < 4.78 is 5.87. The van der Waals surface area contributed by atoms with Crippen molar-refractivity contribution in [3.8, 4) is 0 Å². The second-order valence-electron chi connectivity index (χ2n) is 8.74. The van der Waals surface area contributed by atoms with Gasteiger partial charge in [0.25, 0.3) is 11.8 Å². The Morgan fingerprint density at radius 3 is 1.81 bits per heavy atom. The molecular weight excluding hydrogens is 338 g/mol. The van der Waals surface area contributed by atoms with Gasteiger partial charge in [-0.3, -0.25) is 14.5 Å². The molecule has 1 heterocycles. The number of nitrogens with zero attached hydrogens (tertiary/aromatic N) is 1. The fourth-order valence-corrected chi connectivity index (χ4v) is 3.32. The molecule has 1 aliphatic heterocycles. The largest absolute Gasteiger partial charge is 0.374 e. The molecule has 3 rings (SSSR count). The third-order valence-electron chi connectivity index (χ3n) is 4.94. The molecule has 0 aliphatic carbocycles. The molecule has 0 unspecified atom stereocenters. The molecule has 4 nitrogen and oxygen atoms in total. The number of hydrogen-bond donors (Lipinski definition) is 0. The lowest BCUT2D eigenvalue weighted by atomic mass is 9.87. The molecule has 0 atom stereocenters. The van der Waals surface area contributed by atoms with Gasteiger partial charge < -0.3 is 4.74 Å². The number of fused-ring (bicyclic) bond motifs is 1. The number of benzene rings is 2.